The molecule has 0 aliphatic heterocycles. The number of ether oxygens (including phenoxy) is 2. The quantitative estimate of drug-likeness (QED) is 0.585. The lowest BCUT2D eigenvalue weighted by Crippen LogP contribution is -2.36. The molecule has 2 aromatic carbocycles. The first-order valence-electron chi connectivity index (χ1n) is 8.05. The molecule has 0 radical (unpaired) electrons. The second kappa shape index (κ2) is 9.05. The zero-order valence-electron chi connectivity index (χ0n) is 14.5. The number of rotatable bonds is 8. The van der Waals surface area contributed by atoms with Gasteiger partial charge in [0.25, 0.3) is 10.0 Å². The number of anilines is 1. The van der Waals surface area contributed by atoms with Crippen LogP contribution in [0, 0.1) is 0 Å². The number of halogens is 1. The Kier molecular flexibility index (Phi) is 7.05. The van der Waals surface area contributed by atoms with Crippen molar-refractivity contribution in [3.8, 4) is 5.75 Å². The summed E-state index contributed by atoms with van der Waals surface area (Å²) in [7, 11) is -3.94. The molecule has 0 bridgehead atoms. The van der Waals surface area contributed by atoms with Crippen LogP contribution in [-0.2, 0) is 19.6 Å². The third-order valence-corrected chi connectivity index (χ3v) is 5.73. The van der Waals surface area contributed by atoms with Gasteiger partial charge in [0.15, 0.2) is 0 Å². The van der Waals surface area contributed by atoms with E-state index in [4.69, 9.17) is 9.47 Å². The molecule has 0 saturated carbocycles. The van der Waals surface area contributed by atoms with Gasteiger partial charge in [-0.2, -0.15) is 0 Å². The fourth-order valence-corrected chi connectivity index (χ4v) is 3.92. The van der Waals surface area contributed by atoms with Crippen molar-refractivity contribution in [2.75, 3.05) is 24.1 Å². The van der Waals surface area contributed by atoms with Gasteiger partial charge in [0.05, 0.1) is 23.8 Å². The van der Waals surface area contributed by atoms with Crippen molar-refractivity contribution >= 4 is 37.6 Å². The first-order chi connectivity index (χ1) is 12.4. The lowest BCUT2D eigenvalue weighted by Gasteiger charge is -2.24. The fourth-order valence-electron chi connectivity index (χ4n) is 2.25. The van der Waals surface area contributed by atoms with Crippen molar-refractivity contribution in [1.82, 2.24) is 0 Å². The monoisotopic (exact) mass is 441 g/mol. The van der Waals surface area contributed by atoms with E-state index in [1.165, 1.54) is 12.1 Å². The van der Waals surface area contributed by atoms with Crippen molar-refractivity contribution in [3.63, 3.8) is 0 Å². The van der Waals surface area contributed by atoms with Gasteiger partial charge in [0.2, 0.25) is 0 Å². The Morgan fingerprint density at radius 3 is 2.15 bits per heavy atom. The number of nitrogens with zero attached hydrogens (tertiary/aromatic N) is 1. The van der Waals surface area contributed by atoms with E-state index in [1.807, 2.05) is 6.92 Å². The van der Waals surface area contributed by atoms with Crippen molar-refractivity contribution in [2.24, 2.45) is 0 Å². The molecule has 0 N–H and O–H groups in total. The molecule has 0 unspecified atom stereocenters. The van der Waals surface area contributed by atoms with Gasteiger partial charge >= 0.3 is 5.97 Å². The smallest absolute Gasteiger partial charge is 0.326 e. The van der Waals surface area contributed by atoms with Crippen LogP contribution in [0.5, 0.6) is 5.75 Å². The Hall–Kier alpha value is -2.06. The minimum Gasteiger partial charge on any atom is -0.494 e. The van der Waals surface area contributed by atoms with Crippen LogP contribution in [0.25, 0.3) is 0 Å². The van der Waals surface area contributed by atoms with Crippen molar-refractivity contribution < 1.29 is 22.7 Å². The van der Waals surface area contributed by atoms with E-state index in [2.05, 4.69) is 15.9 Å². The first kappa shape index (κ1) is 20.3. The van der Waals surface area contributed by atoms with E-state index in [-0.39, 0.29) is 11.5 Å². The zero-order chi connectivity index (χ0) is 19.2. The van der Waals surface area contributed by atoms with Crippen LogP contribution in [0.4, 0.5) is 5.69 Å². The minimum atomic E-state index is -3.94. The molecule has 140 valence electrons. The van der Waals surface area contributed by atoms with E-state index >= 15 is 0 Å². The van der Waals surface area contributed by atoms with E-state index in [0.29, 0.717) is 18.0 Å². The Labute approximate surface area is 161 Å². The molecular weight excluding hydrogens is 422 g/mol. The van der Waals surface area contributed by atoms with Crippen LogP contribution in [-0.4, -0.2) is 34.1 Å². The summed E-state index contributed by atoms with van der Waals surface area (Å²) in [4.78, 5) is 12.1. The molecule has 6 nitrogen and oxygen atoms in total. The highest BCUT2D eigenvalue weighted by Crippen LogP contribution is 2.26. The topological polar surface area (TPSA) is 72.9 Å². The summed E-state index contributed by atoms with van der Waals surface area (Å²) in [6, 6.07) is 12.7. The predicted octanol–water partition coefficient (Wildman–Crippen LogP) is 3.61. The molecule has 0 heterocycles. The van der Waals surface area contributed by atoms with E-state index in [9.17, 15) is 13.2 Å². The second-order valence-corrected chi connectivity index (χ2v) is 7.98. The van der Waals surface area contributed by atoms with Gasteiger partial charge in [-0.3, -0.25) is 9.10 Å². The lowest BCUT2D eigenvalue weighted by atomic mass is 10.3. The van der Waals surface area contributed by atoms with Gasteiger partial charge in [-0.15, -0.1) is 0 Å². The molecule has 8 heteroatoms. The van der Waals surface area contributed by atoms with E-state index < -0.39 is 22.5 Å². The molecule has 0 saturated heterocycles. The van der Waals surface area contributed by atoms with Crippen molar-refractivity contribution in [3.05, 3.63) is 53.0 Å². The number of esters is 1. The Morgan fingerprint density at radius 1 is 1.00 bits per heavy atom. The third kappa shape index (κ3) is 4.98. The molecule has 0 aromatic heterocycles. The molecule has 2 rings (SSSR count). The van der Waals surface area contributed by atoms with Crippen molar-refractivity contribution in [2.45, 2.75) is 18.7 Å². The Bertz CT molecular complexity index is 835. The SMILES string of the molecule is CCOC(=O)CN(c1ccc(OCC)cc1)S(=O)(=O)c1ccc(Br)cc1. The summed E-state index contributed by atoms with van der Waals surface area (Å²) in [5.41, 5.74) is 0.351. The average Bonchev–Trinajstić information content (AvgIpc) is 2.61. The number of hydrogen-bond acceptors (Lipinski definition) is 5. The summed E-state index contributed by atoms with van der Waals surface area (Å²) >= 11 is 3.28. The highest BCUT2D eigenvalue weighted by Gasteiger charge is 2.27. The van der Waals surface area contributed by atoms with Crippen LogP contribution in [0.15, 0.2) is 57.9 Å². The van der Waals surface area contributed by atoms with Crippen molar-refractivity contribution in [1.29, 1.82) is 0 Å². The van der Waals surface area contributed by atoms with Gasteiger partial charge in [-0.25, -0.2) is 8.42 Å². The summed E-state index contributed by atoms with van der Waals surface area (Å²) in [5.74, 6) is -0.00422. The number of carbonyl (C=O) groups excluding carboxylic acids is 1. The molecule has 0 spiro atoms. The highest BCUT2D eigenvalue weighted by atomic mass is 79.9. The van der Waals surface area contributed by atoms with Gasteiger partial charge in [-0.1, -0.05) is 15.9 Å². The van der Waals surface area contributed by atoms with Gasteiger partial charge in [0, 0.05) is 4.47 Å². The summed E-state index contributed by atoms with van der Waals surface area (Å²) < 4.78 is 38.2. The maximum Gasteiger partial charge on any atom is 0.326 e. The van der Waals surface area contributed by atoms with Gasteiger partial charge in [-0.05, 0) is 62.4 Å². The largest absolute Gasteiger partial charge is 0.494 e. The van der Waals surface area contributed by atoms with Gasteiger partial charge in [0.1, 0.15) is 12.3 Å². The molecule has 26 heavy (non-hydrogen) atoms. The number of hydrogen-bond donors (Lipinski definition) is 0. The van der Waals surface area contributed by atoms with Crippen LogP contribution in [0.3, 0.4) is 0 Å². The standard InChI is InChI=1S/C18H20BrNO5S/c1-3-24-16-9-7-15(8-10-16)20(13-18(21)25-4-2)26(22,23)17-11-5-14(19)6-12-17/h5-12H,3-4,13H2,1-2H3. The van der Waals surface area contributed by atoms with Crippen LogP contribution in [0.1, 0.15) is 13.8 Å². The van der Waals surface area contributed by atoms with Crippen LogP contribution >= 0.6 is 15.9 Å². The predicted molar refractivity (Wildman–Crippen MR) is 103 cm³/mol. The van der Waals surface area contributed by atoms with Crippen LogP contribution < -0.4 is 9.04 Å². The molecular formula is C18H20BrNO5S. The zero-order valence-corrected chi connectivity index (χ0v) is 16.9. The molecule has 2 aromatic rings. The Morgan fingerprint density at radius 2 is 1.62 bits per heavy atom. The number of sulfonamides is 1. The lowest BCUT2D eigenvalue weighted by molar-refractivity contribution is -0.141. The molecule has 0 amide bonds. The fraction of sp³-hybridized carbons (Fsp3) is 0.278. The third-order valence-electron chi connectivity index (χ3n) is 3.42. The normalized spacial score (nSPS) is 11.0. The van der Waals surface area contributed by atoms with E-state index in [1.54, 1.807) is 43.3 Å². The van der Waals surface area contributed by atoms with E-state index in [0.717, 1.165) is 8.78 Å². The first-order valence-corrected chi connectivity index (χ1v) is 10.3. The highest BCUT2D eigenvalue weighted by molar-refractivity contribution is 9.10. The van der Waals surface area contributed by atoms with Gasteiger partial charge < -0.3 is 9.47 Å². The van der Waals surface area contributed by atoms with Crippen LogP contribution in [0.2, 0.25) is 0 Å². The molecule has 0 fully saturated rings. The molecule has 0 atom stereocenters. The molecule has 0 aliphatic rings. The second-order valence-electron chi connectivity index (χ2n) is 5.20. The number of benzene rings is 2. The molecule has 0 aliphatic carbocycles. The average molecular weight is 442 g/mol. The summed E-state index contributed by atoms with van der Waals surface area (Å²) in [6.45, 7) is 3.79. The summed E-state index contributed by atoms with van der Waals surface area (Å²) in [6.07, 6.45) is 0. The summed E-state index contributed by atoms with van der Waals surface area (Å²) in [5, 5.41) is 0. The maximum atomic E-state index is 13.1. The number of carbonyl (C=O) groups is 1. The maximum absolute atomic E-state index is 13.1. The Balaban J connectivity index is 2.42. The minimum absolute atomic E-state index is 0.0823.